The number of benzene rings is 2. The molecule has 182 valence electrons. The van der Waals surface area contributed by atoms with Gasteiger partial charge in [-0.3, -0.25) is 9.59 Å². The lowest BCUT2D eigenvalue weighted by Gasteiger charge is -2.20. The number of carbonyl (C=O) groups excluding carboxylic acids is 2. The van der Waals surface area contributed by atoms with E-state index in [2.05, 4.69) is 10.6 Å². The van der Waals surface area contributed by atoms with E-state index in [0.29, 0.717) is 28.5 Å². The second kappa shape index (κ2) is 9.78. The largest absolute Gasteiger partial charge is 0.463 e. The van der Waals surface area contributed by atoms with E-state index in [1.807, 2.05) is 64.1 Å². The van der Waals surface area contributed by atoms with Crippen molar-refractivity contribution in [1.29, 1.82) is 0 Å². The molecular weight excluding hydrogens is 444 g/mol. The molecule has 2 aromatic carbocycles. The van der Waals surface area contributed by atoms with Gasteiger partial charge in [0.25, 0.3) is 0 Å². The molecule has 0 aliphatic carbocycles. The fourth-order valence-corrected chi connectivity index (χ4v) is 4.53. The Labute approximate surface area is 203 Å². The molecule has 0 saturated carbocycles. The van der Waals surface area contributed by atoms with Crippen LogP contribution in [-0.2, 0) is 22.4 Å². The molecule has 1 unspecified atom stereocenters. The van der Waals surface area contributed by atoms with Crippen LogP contribution in [0.3, 0.4) is 0 Å². The Morgan fingerprint density at radius 2 is 1.69 bits per heavy atom. The second-order valence-corrected chi connectivity index (χ2v) is 9.33. The number of amides is 2. The highest BCUT2D eigenvalue weighted by Gasteiger charge is 2.24. The van der Waals surface area contributed by atoms with Gasteiger partial charge in [0.1, 0.15) is 17.2 Å². The van der Waals surface area contributed by atoms with Crippen molar-refractivity contribution in [3.63, 3.8) is 0 Å². The number of hydrogen-bond acceptors (Lipinski definition) is 5. The average Bonchev–Trinajstić information content (AvgIpc) is 3.18. The first-order chi connectivity index (χ1) is 16.7. The van der Waals surface area contributed by atoms with Crippen molar-refractivity contribution in [2.24, 2.45) is 0 Å². The van der Waals surface area contributed by atoms with Gasteiger partial charge in [0, 0.05) is 17.8 Å². The molecule has 0 fully saturated rings. The molecular formula is C28H30N2O5. The van der Waals surface area contributed by atoms with E-state index in [-0.39, 0.29) is 23.9 Å². The normalized spacial score (nSPS) is 12.3. The van der Waals surface area contributed by atoms with E-state index in [1.165, 1.54) is 0 Å². The molecule has 1 atom stereocenters. The highest BCUT2D eigenvalue weighted by atomic mass is 16.4. The van der Waals surface area contributed by atoms with Gasteiger partial charge in [-0.1, -0.05) is 30.3 Å². The number of carbonyl (C=O) groups is 2. The Morgan fingerprint density at radius 1 is 0.971 bits per heavy atom. The lowest BCUT2D eigenvalue weighted by atomic mass is 9.98. The molecule has 2 amide bonds. The minimum absolute atomic E-state index is 0.0740. The van der Waals surface area contributed by atoms with Crippen molar-refractivity contribution in [3.05, 3.63) is 80.9 Å². The summed E-state index contributed by atoms with van der Waals surface area (Å²) in [5.41, 5.74) is 4.24. The zero-order valence-electron chi connectivity index (χ0n) is 20.7. The zero-order valence-corrected chi connectivity index (χ0v) is 20.7. The molecule has 7 heteroatoms. The van der Waals surface area contributed by atoms with Crippen LogP contribution in [0.25, 0.3) is 21.9 Å². The molecule has 7 nitrogen and oxygen atoms in total. The number of furan rings is 1. The van der Waals surface area contributed by atoms with Gasteiger partial charge < -0.3 is 19.5 Å². The minimum Gasteiger partial charge on any atom is -0.463 e. The summed E-state index contributed by atoms with van der Waals surface area (Å²) >= 11 is 0. The summed E-state index contributed by atoms with van der Waals surface area (Å²) in [7, 11) is 0. The monoisotopic (exact) mass is 474 g/mol. The maximum absolute atomic E-state index is 13.1. The van der Waals surface area contributed by atoms with Crippen LogP contribution >= 0.6 is 0 Å². The van der Waals surface area contributed by atoms with Gasteiger partial charge in [0.2, 0.25) is 11.8 Å². The van der Waals surface area contributed by atoms with Gasteiger partial charge in [0.05, 0.1) is 23.6 Å². The van der Waals surface area contributed by atoms with Crippen LogP contribution in [0.5, 0.6) is 0 Å². The molecule has 0 radical (unpaired) electrons. The summed E-state index contributed by atoms with van der Waals surface area (Å²) in [6.07, 6.45) is 1.80. The molecule has 4 aromatic rings. The number of nitrogens with one attached hydrogen (secondary N) is 2. The quantitative estimate of drug-likeness (QED) is 0.390. The SMILES string of the molecule is Cc1coc2c1c(C)cc1oc(=O)c(CC(=O)NC(Cc3ccccc3)C(=O)NC(C)C)c(C)c12. The van der Waals surface area contributed by atoms with Crippen molar-refractivity contribution >= 4 is 33.8 Å². The molecule has 0 spiro atoms. The summed E-state index contributed by atoms with van der Waals surface area (Å²) in [4.78, 5) is 38.7. The maximum Gasteiger partial charge on any atom is 0.340 e. The molecule has 0 aliphatic rings. The Bertz CT molecular complexity index is 1460. The van der Waals surface area contributed by atoms with E-state index in [0.717, 1.165) is 22.1 Å². The molecule has 2 heterocycles. The van der Waals surface area contributed by atoms with Crippen LogP contribution in [0.15, 0.2) is 56.3 Å². The van der Waals surface area contributed by atoms with Crippen molar-refractivity contribution in [2.75, 3.05) is 0 Å². The average molecular weight is 475 g/mol. The van der Waals surface area contributed by atoms with Crippen molar-refractivity contribution in [2.45, 2.75) is 59.5 Å². The third kappa shape index (κ3) is 4.99. The molecule has 0 saturated heterocycles. The van der Waals surface area contributed by atoms with E-state index < -0.39 is 17.6 Å². The Hall–Kier alpha value is -3.87. The maximum atomic E-state index is 13.1. The van der Waals surface area contributed by atoms with Gasteiger partial charge in [-0.25, -0.2) is 4.79 Å². The van der Waals surface area contributed by atoms with Crippen LogP contribution in [0.1, 0.15) is 41.7 Å². The molecule has 2 aromatic heterocycles. The molecule has 0 aliphatic heterocycles. The predicted molar refractivity (Wildman–Crippen MR) is 136 cm³/mol. The first-order valence-electron chi connectivity index (χ1n) is 11.7. The highest BCUT2D eigenvalue weighted by molar-refractivity contribution is 6.07. The smallest absolute Gasteiger partial charge is 0.340 e. The van der Waals surface area contributed by atoms with Crippen LogP contribution < -0.4 is 16.3 Å². The van der Waals surface area contributed by atoms with E-state index in [9.17, 15) is 14.4 Å². The number of hydrogen-bond donors (Lipinski definition) is 2. The Kier molecular flexibility index (Phi) is 6.78. The fraction of sp³-hybridized carbons (Fsp3) is 0.321. The zero-order chi connectivity index (χ0) is 25.3. The van der Waals surface area contributed by atoms with E-state index in [1.54, 1.807) is 13.2 Å². The Balaban J connectivity index is 1.66. The molecule has 0 bridgehead atoms. The summed E-state index contributed by atoms with van der Waals surface area (Å²) in [6, 6.07) is 10.5. The van der Waals surface area contributed by atoms with Crippen molar-refractivity contribution < 1.29 is 18.4 Å². The first-order valence-corrected chi connectivity index (χ1v) is 11.7. The van der Waals surface area contributed by atoms with Crippen LogP contribution in [0, 0.1) is 20.8 Å². The van der Waals surface area contributed by atoms with Crippen LogP contribution in [0.4, 0.5) is 0 Å². The number of fused-ring (bicyclic) bond motifs is 3. The summed E-state index contributed by atoms with van der Waals surface area (Å²) in [5, 5.41) is 7.33. The summed E-state index contributed by atoms with van der Waals surface area (Å²) < 4.78 is 11.4. The van der Waals surface area contributed by atoms with Gasteiger partial charge in [0.15, 0.2) is 0 Å². The molecule has 2 N–H and O–H groups in total. The van der Waals surface area contributed by atoms with Crippen LogP contribution in [-0.4, -0.2) is 23.9 Å². The highest BCUT2D eigenvalue weighted by Crippen LogP contribution is 2.34. The fourth-order valence-electron chi connectivity index (χ4n) is 4.53. The van der Waals surface area contributed by atoms with E-state index in [4.69, 9.17) is 8.83 Å². The van der Waals surface area contributed by atoms with Gasteiger partial charge >= 0.3 is 5.63 Å². The van der Waals surface area contributed by atoms with Crippen molar-refractivity contribution in [1.82, 2.24) is 10.6 Å². The lowest BCUT2D eigenvalue weighted by molar-refractivity contribution is -0.129. The standard InChI is InChI=1S/C28H30N2O5/c1-15(2)29-27(32)21(12-19-9-7-6-8-10-19)30-23(31)13-20-18(5)25-22(35-28(20)33)11-16(3)24-17(4)14-34-26(24)25/h6-11,14-15,21H,12-13H2,1-5H3,(H,29,32)(H,30,31). The number of rotatable bonds is 7. The molecule has 4 rings (SSSR count). The third-order valence-electron chi connectivity index (χ3n) is 6.17. The van der Waals surface area contributed by atoms with E-state index >= 15 is 0 Å². The minimum atomic E-state index is -0.776. The second-order valence-electron chi connectivity index (χ2n) is 9.33. The third-order valence-corrected chi connectivity index (χ3v) is 6.17. The summed E-state index contributed by atoms with van der Waals surface area (Å²) in [5.74, 6) is -0.707. The van der Waals surface area contributed by atoms with Gasteiger partial charge in [-0.15, -0.1) is 0 Å². The van der Waals surface area contributed by atoms with Gasteiger partial charge in [-0.05, 0) is 62.9 Å². The topological polar surface area (TPSA) is 102 Å². The van der Waals surface area contributed by atoms with Crippen LogP contribution in [0.2, 0.25) is 0 Å². The van der Waals surface area contributed by atoms with Gasteiger partial charge in [-0.2, -0.15) is 0 Å². The molecule has 35 heavy (non-hydrogen) atoms. The Morgan fingerprint density at radius 3 is 2.37 bits per heavy atom. The van der Waals surface area contributed by atoms with Crippen molar-refractivity contribution in [3.8, 4) is 0 Å². The predicted octanol–water partition coefficient (Wildman–Crippen LogP) is 4.26. The number of aryl methyl sites for hydroxylation is 3. The lowest BCUT2D eigenvalue weighted by Crippen LogP contribution is -2.50. The first kappa shape index (κ1) is 24.3. The summed E-state index contributed by atoms with van der Waals surface area (Å²) in [6.45, 7) is 9.42.